The number of hydrogen-bond donors (Lipinski definition) is 0. The predicted octanol–water partition coefficient (Wildman–Crippen LogP) is 5.35. The van der Waals surface area contributed by atoms with Crippen LogP contribution < -0.4 is 0 Å². The Morgan fingerprint density at radius 3 is 1.97 bits per heavy atom. The average molecular weight is 494 g/mol. The number of ether oxygens (including phenoxy) is 1. The van der Waals surface area contributed by atoms with Crippen molar-refractivity contribution >= 4 is 12.0 Å². The zero-order chi connectivity index (χ0) is 26.5. The lowest BCUT2D eigenvalue weighted by molar-refractivity contribution is -0.139. The summed E-state index contributed by atoms with van der Waals surface area (Å²) in [4.78, 5) is 32.6. The van der Waals surface area contributed by atoms with Crippen molar-refractivity contribution in [2.75, 3.05) is 40.8 Å². The van der Waals surface area contributed by atoms with Crippen LogP contribution in [0.15, 0.2) is 60.7 Å². The Morgan fingerprint density at radius 1 is 0.944 bits per heavy atom. The Kier molecular flexibility index (Phi) is 8.83. The highest BCUT2D eigenvalue weighted by Gasteiger charge is 2.41. The summed E-state index contributed by atoms with van der Waals surface area (Å²) in [6.45, 7) is 9.30. The summed E-state index contributed by atoms with van der Waals surface area (Å²) in [5, 5.41) is 0. The normalized spacial score (nSPS) is 17.4. The van der Waals surface area contributed by atoms with E-state index in [0.29, 0.717) is 19.6 Å². The van der Waals surface area contributed by atoms with Crippen molar-refractivity contribution in [3.63, 3.8) is 0 Å². The molecule has 1 saturated heterocycles. The van der Waals surface area contributed by atoms with E-state index < -0.39 is 11.7 Å². The number of likely N-dealkylation sites (tertiary alicyclic amines) is 1. The fraction of sp³-hybridized carbons (Fsp3) is 0.533. The lowest BCUT2D eigenvalue weighted by atomic mass is 9.79. The largest absolute Gasteiger partial charge is 0.444 e. The molecule has 2 aromatic carbocycles. The molecule has 0 saturated carbocycles. The third kappa shape index (κ3) is 6.47. The lowest BCUT2D eigenvalue weighted by Gasteiger charge is -2.47. The molecule has 0 bridgehead atoms. The van der Waals surface area contributed by atoms with Crippen LogP contribution in [0.3, 0.4) is 0 Å². The highest BCUT2D eigenvalue weighted by Crippen LogP contribution is 2.38. The van der Waals surface area contributed by atoms with Crippen molar-refractivity contribution in [1.82, 2.24) is 14.7 Å². The minimum atomic E-state index is -0.588. The van der Waals surface area contributed by atoms with Crippen molar-refractivity contribution in [1.29, 1.82) is 0 Å². The maximum Gasteiger partial charge on any atom is 0.410 e. The summed E-state index contributed by atoms with van der Waals surface area (Å²) in [6, 6.07) is 20.7. The van der Waals surface area contributed by atoms with E-state index in [2.05, 4.69) is 62.3 Å². The Morgan fingerprint density at radius 2 is 1.47 bits per heavy atom. The summed E-state index contributed by atoms with van der Waals surface area (Å²) in [6.07, 6.45) is 1.32. The Bertz CT molecular complexity index is 993. The van der Waals surface area contributed by atoms with Crippen LogP contribution in [0.25, 0.3) is 0 Å². The first-order valence-electron chi connectivity index (χ1n) is 13.0. The third-order valence-corrected chi connectivity index (χ3v) is 7.49. The van der Waals surface area contributed by atoms with Crippen LogP contribution >= 0.6 is 0 Å². The van der Waals surface area contributed by atoms with E-state index in [-0.39, 0.29) is 23.3 Å². The second kappa shape index (κ2) is 11.5. The predicted molar refractivity (Wildman–Crippen MR) is 145 cm³/mol. The zero-order valence-electron chi connectivity index (χ0n) is 23.0. The van der Waals surface area contributed by atoms with Gasteiger partial charge in [-0.05, 0) is 64.8 Å². The number of benzene rings is 2. The number of piperidine rings is 1. The SMILES string of the molecule is CC(c1ccccc1)C(CN(C)C(=O)OC(C)(C)C)C(=O)N1CCC(c2ccccc2)(N(C)C)CC1. The van der Waals surface area contributed by atoms with Gasteiger partial charge in [-0.1, -0.05) is 67.6 Å². The number of rotatable bonds is 7. The molecule has 0 radical (unpaired) electrons. The second-order valence-corrected chi connectivity index (χ2v) is 11.3. The molecule has 2 amide bonds. The van der Waals surface area contributed by atoms with Gasteiger partial charge in [0.15, 0.2) is 0 Å². The minimum Gasteiger partial charge on any atom is -0.444 e. The molecule has 0 aliphatic carbocycles. The van der Waals surface area contributed by atoms with E-state index in [1.807, 2.05) is 49.9 Å². The van der Waals surface area contributed by atoms with Gasteiger partial charge in [-0.2, -0.15) is 0 Å². The summed E-state index contributed by atoms with van der Waals surface area (Å²) in [5.74, 6) is -0.311. The average Bonchev–Trinajstić information content (AvgIpc) is 2.86. The van der Waals surface area contributed by atoms with Gasteiger partial charge >= 0.3 is 6.09 Å². The number of carbonyl (C=O) groups is 2. The number of amides is 2. The molecule has 0 aromatic heterocycles. The smallest absolute Gasteiger partial charge is 0.410 e. The first kappa shape index (κ1) is 27.7. The van der Waals surface area contributed by atoms with Crippen LogP contribution in [-0.2, 0) is 15.1 Å². The quantitative estimate of drug-likeness (QED) is 0.522. The molecule has 0 N–H and O–H groups in total. The Hall–Kier alpha value is -2.86. The molecule has 2 aromatic rings. The minimum absolute atomic E-state index is 0.0433. The zero-order valence-corrected chi connectivity index (χ0v) is 23.0. The van der Waals surface area contributed by atoms with Gasteiger partial charge in [0, 0.05) is 32.2 Å². The van der Waals surface area contributed by atoms with E-state index in [9.17, 15) is 9.59 Å². The van der Waals surface area contributed by atoms with Crippen LogP contribution in [0.2, 0.25) is 0 Å². The fourth-order valence-corrected chi connectivity index (χ4v) is 5.22. The van der Waals surface area contributed by atoms with Gasteiger partial charge in [-0.15, -0.1) is 0 Å². The maximum atomic E-state index is 14.0. The molecule has 6 heteroatoms. The van der Waals surface area contributed by atoms with E-state index in [1.54, 1.807) is 11.9 Å². The van der Waals surface area contributed by atoms with E-state index in [4.69, 9.17) is 4.74 Å². The van der Waals surface area contributed by atoms with Crippen LogP contribution in [-0.4, -0.2) is 73.1 Å². The molecule has 196 valence electrons. The summed E-state index contributed by atoms with van der Waals surface area (Å²) in [5.41, 5.74) is 1.71. The molecule has 3 rings (SSSR count). The van der Waals surface area contributed by atoms with Gasteiger partial charge in [0.2, 0.25) is 5.91 Å². The summed E-state index contributed by atoms with van der Waals surface area (Å²) >= 11 is 0. The van der Waals surface area contributed by atoms with Gasteiger partial charge < -0.3 is 14.5 Å². The Balaban J connectivity index is 1.81. The first-order valence-corrected chi connectivity index (χ1v) is 13.0. The van der Waals surface area contributed by atoms with Crippen molar-refractivity contribution in [2.24, 2.45) is 5.92 Å². The van der Waals surface area contributed by atoms with Crippen molar-refractivity contribution in [2.45, 2.75) is 57.6 Å². The molecule has 1 aliphatic rings. The maximum absolute atomic E-state index is 14.0. The van der Waals surface area contributed by atoms with Gasteiger partial charge in [-0.25, -0.2) is 4.79 Å². The molecule has 2 atom stereocenters. The molecule has 0 spiro atoms. The standard InChI is InChI=1S/C30H43N3O3/c1-23(24-14-10-8-11-15-24)26(22-32(7)28(35)36-29(2,3)4)27(34)33-20-18-30(19-21-33,31(5)6)25-16-12-9-13-17-25/h8-17,23,26H,18-22H2,1-7H3. The van der Waals surface area contributed by atoms with Crippen LogP contribution in [0.5, 0.6) is 0 Å². The summed E-state index contributed by atoms with van der Waals surface area (Å²) < 4.78 is 5.57. The molecule has 6 nitrogen and oxygen atoms in total. The molecule has 1 heterocycles. The van der Waals surface area contributed by atoms with Crippen LogP contribution in [0.1, 0.15) is 57.6 Å². The number of nitrogens with zero attached hydrogens (tertiary/aromatic N) is 3. The monoisotopic (exact) mass is 493 g/mol. The molecular weight excluding hydrogens is 450 g/mol. The lowest BCUT2D eigenvalue weighted by Crippen LogP contribution is -2.54. The van der Waals surface area contributed by atoms with E-state index >= 15 is 0 Å². The second-order valence-electron chi connectivity index (χ2n) is 11.3. The van der Waals surface area contributed by atoms with Gasteiger partial charge in [0.25, 0.3) is 0 Å². The summed E-state index contributed by atoms with van der Waals surface area (Å²) in [7, 11) is 5.97. The fourth-order valence-electron chi connectivity index (χ4n) is 5.22. The van der Waals surface area contributed by atoms with Crippen LogP contribution in [0, 0.1) is 5.92 Å². The highest BCUT2D eigenvalue weighted by atomic mass is 16.6. The molecular formula is C30H43N3O3. The number of hydrogen-bond acceptors (Lipinski definition) is 4. The molecule has 2 unspecified atom stereocenters. The van der Waals surface area contributed by atoms with Crippen molar-refractivity contribution in [3.05, 3.63) is 71.8 Å². The van der Waals surface area contributed by atoms with Gasteiger partial charge in [0.05, 0.1) is 5.92 Å². The third-order valence-electron chi connectivity index (χ3n) is 7.49. The topological polar surface area (TPSA) is 53.1 Å². The molecule has 36 heavy (non-hydrogen) atoms. The van der Waals surface area contributed by atoms with Gasteiger partial charge in [-0.3, -0.25) is 9.69 Å². The first-order chi connectivity index (χ1) is 16.9. The molecule has 1 aliphatic heterocycles. The van der Waals surface area contributed by atoms with Gasteiger partial charge in [0.1, 0.15) is 5.60 Å². The van der Waals surface area contributed by atoms with E-state index in [1.165, 1.54) is 5.56 Å². The highest BCUT2D eigenvalue weighted by molar-refractivity contribution is 5.81. The number of carbonyl (C=O) groups excluding carboxylic acids is 2. The Labute approximate surface area is 217 Å². The van der Waals surface area contributed by atoms with Crippen molar-refractivity contribution < 1.29 is 14.3 Å². The van der Waals surface area contributed by atoms with Crippen molar-refractivity contribution in [3.8, 4) is 0 Å². The van der Waals surface area contributed by atoms with Crippen LogP contribution in [0.4, 0.5) is 4.79 Å². The van der Waals surface area contributed by atoms with E-state index in [0.717, 1.165) is 18.4 Å². The molecule has 1 fully saturated rings.